The summed E-state index contributed by atoms with van der Waals surface area (Å²) in [7, 11) is 0. The Morgan fingerprint density at radius 1 is 1.00 bits per heavy atom. The standard InChI is InChI=1S/C19H26O3/c1-18-8-7-12(20)9-11(18)3-4-13-14-5-6-16(22)19(14,2)10-15(21)17(13)18/h11,13-14,17H,3-10H2,1-2H3/t11-,13-,14-,17+,18+,19-/m0/s1. The van der Waals surface area contributed by atoms with Gasteiger partial charge in [0.25, 0.3) is 0 Å². The topological polar surface area (TPSA) is 51.2 Å². The van der Waals surface area contributed by atoms with E-state index in [1.165, 1.54) is 0 Å². The summed E-state index contributed by atoms with van der Waals surface area (Å²) in [6.07, 6.45) is 6.39. The summed E-state index contributed by atoms with van der Waals surface area (Å²) in [5, 5.41) is 0. The minimum atomic E-state index is -0.383. The Morgan fingerprint density at radius 3 is 2.55 bits per heavy atom. The molecule has 4 saturated carbocycles. The van der Waals surface area contributed by atoms with Crippen molar-refractivity contribution >= 4 is 17.3 Å². The van der Waals surface area contributed by atoms with Gasteiger partial charge in [0, 0.05) is 37.0 Å². The maximum absolute atomic E-state index is 13.0. The van der Waals surface area contributed by atoms with Crippen LogP contribution in [0.4, 0.5) is 0 Å². The minimum Gasteiger partial charge on any atom is -0.300 e. The summed E-state index contributed by atoms with van der Waals surface area (Å²) in [4.78, 5) is 37.2. The third kappa shape index (κ3) is 1.71. The second-order valence-corrected chi connectivity index (χ2v) is 8.79. The quantitative estimate of drug-likeness (QED) is 0.689. The molecule has 22 heavy (non-hydrogen) atoms. The van der Waals surface area contributed by atoms with E-state index in [0.717, 1.165) is 25.7 Å². The van der Waals surface area contributed by atoms with Crippen LogP contribution in [0.3, 0.4) is 0 Å². The SMILES string of the molecule is C[C@@]12CCC(=O)C[C@@H]1CC[C@@H]1[C@@H]2C(=O)C[C@]2(C)C(=O)CC[C@@H]12. The highest BCUT2D eigenvalue weighted by atomic mass is 16.1. The third-order valence-corrected chi connectivity index (χ3v) is 7.88. The zero-order chi connectivity index (χ0) is 15.7. The fraction of sp³-hybridized carbons (Fsp3) is 0.842. The van der Waals surface area contributed by atoms with Crippen LogP contribution in [0, 0.1) is 34.5 Å². The Kier molecular flexibility index (Phi) is 3.00. The fourth-order valence-electron chi connectivity index (χ4n) is 6.64. The van der Waals surface area contributed by atoms with Gasteiger partial charge in [-0.25, -0.2) is 0 Å². The van der Waals surface area contributed by atoms with Crippen molar-refractivity contribution in [2.75, 3.05) is 0 Å². The molecular formula is C19H26O3. The Morgan fingerprint density at radius 2 is 1.77 bits per heavy atom. The van der Waals surface area contributed by atoms with Gasteiger partial charge in [0.05, 0.1) is 0 Å². The minimum absolute atomic E-state index is 0.000871. The highest BCUT2D eigenvalue weighted by Crippen LogP contribution is 2.64. The van der Waals surface area contributed by atoms with Gasteiger partial charge in [-0.2, -0.15) is 0 Å². The molecule has 0 amide bonds. The molecule has 3 heteroatoms. The molecule has 0 saturated heterocycles. The van der Waals surface area contributed by atoms with Crippen LogP contribution in [0.2, 0.25) is 0 Å². The third-order valence-electron chi connectivity index (χ3n) is 7.88. The number of hydrogen-bond donors (Lipinski definition) is 0. The average Bonchev–Trinajstić information content (AvgIpc) is 2.75. The van der Waals surface area contributed by atoms with E-state index in [2.05, 4.69) is 6.92 Å². The van der Waals surface area contributed by atoms with Crippen molar-refractivity contribution in [2.45, 2.75) is 65.2 Å². The number of Topliss-reactive ketones (excluding diaryl/α,β-unsaturated/α-hetero) is 3. The van der Waals surface area contributed by atoms with Crippen molar-refractivity contribution in [2.24, 2.45) is 34.5 Å². The van der Waals surface area contributed by atoms with Crippen LogP contribution in [-0.2, 0) is 14.4 Å². The van der Waals surface area contributed by atoms with E-state index in [1.807, 2.05) is 6.92 Å². The highest BCUT2D eigenvalue weighted by molar-refractivity contribution is 5.95. The molecule has 0 aromatic heterocycles. The Bertz CT molecular complexity index is 565. The first-order chi connectivity index (χ1) is 10.4. The van der Waals surface area contributed by atoms with Gasteiger partial charge < -0.3 is 0 Å². The normalized spacial score (nSPS) is 51.3. The summed E-state index contributed by atoms with van der Waals surface area (Å²) in [5.74, 6) is 2.29. The molecule has 0 aliphatic heterocycles. The van der Waals surface area contributed by atoms with Crippen molar-refractivity contribution in [3.05, 3.63) is 0 Å². The first kappa shape index (κ1) is 14.6. The van der Waals surface area contributed by atoms with Crippen molar-refractivity contribution in [3.63, 3.8) is 0 Å². The van der Waals surface area contributed by atoms with E-state index in [4.69, 9.17) is 0 Å². The second-order valence-electron chi connectivity index (χ2n) is 8.79. The summed E-state index contributed by atoms with van der Waals surface area (Å²) >= 11 is 0. The molecule has 0 heterocycles. The Labute approximate surface area is 132 Å². The van der Waals surface area contributed by atoms with Gasteiger partial charge in [0.2, 0.25) is 0 Å². The van der Waals surface area contributed by atoms with Crippen molar-refractivity contribution in [1.82, 2.24) is 0 Å². The van der Waals surface area contributed by atoms with Gasteiger partial charge in [-0.05, 0) is 48.9 Å². The largest absolute Gasteiger partial charge is 0.300 e. The monoisotopic (exact) mass is 302 g/mol. The summed E-state index contributed by atoms with van der Waals surface area (Å²) < 4.78 is 0. The summed E-state index contributed by atoms with van der Waals surface area (Å²) in [6.45, 7) is 4.30. The van der Waals surface area contributed by atoms with Crippen LogP contribution in [0.25, 0.3) is 0 Å². The summed E-state index contributed by atoms with van der Waals surface area (Å²) in [6, 6.07) is 0. The van der Waals surface area contributed by atoms with Gasteiger partial charge in [0.15, 0.2) is 0 Å². The van der Waals surface area contributed by atoms with E-state index in [1.54, 1.807) is 0 Å². The Balaban J connectivity index is 1.72. The van der Waals surface area contributed by atoms with Crippen LogP contribution in [0.5, 0.6) is 0 Å². The molecule has 3 nitrogen and oxygen atoms in total. The van der Waals surface area contributed by atoms with Gasteiger partial charge in [-0.15, -0.1) is 0 Å². The fourth-order valence-corrected chi connectivity index (χ4v) is 6.64. The highest BCUT2D eigenvalue weighted by Gasteiger charge is 2.63. The molecule has 120 valence electrons. The van der Waals surface area contributed by atoms with Crippen LogP contribution in [0.1, 0.15) is 65.2 Å². The van der Waals surface area contributed by atoms with Crippen molar-refractivity contribution in [3.8, 4) is 0 Å². The molecule has 4 rings (SSSR count). The van der Waals surface area contributed by atoms with Gasteiger partial charge in [-0.3, -0.25) is 14.4 Å². The van der Waals surface area contributed by atoms with Gasteiger partial charge >= 0.3 is 0 Å². The predicted octanol–water partition coefficient (Wildman–Crippen LogP) is 3.35. The van der Waals surface area contributed by atoms with Gasteiger partial charge in [-0.1, -0.05) is 13.8 Å². The first-order valence-electron chi connectivity index (χ1n) is 8.94. The van der Waals surface area contributed by atoms with Crippen LogP contribution < -0.4 is 0 Å². The molecule has 0 radical (unpaired) electrons. The molecule has 4 aliphatic carbocycles. The van der Waals surface area contributed by atoms with Gasteiger partial charge in [0.1, 0.15) is 17.3 Å². The van der Waals surface area contributed by atoms with E-state index in [-0.39, 0.29) is 16.7 Å². The lowest BCUT2D eigenvalue weighted by atomic mass is 9.45. The lowest BCUT2D eigenvalue weighted by molar-refractivity contribution is -0.161. The van der Waals surface area contributed by atoms with Crippen molar-refractivity contribution in [1.29, 1.82) is 0 Å². The number of ketones is 3. The van der Waals surface area contributed by atoms with E-state index >= 15 is 0 Å². The Hall–Kier alpha value is -0.990. The number of hydrogen-bond acceptors (Lipinski definition) is 3. The molecule has 4 fully saturated rings. The number of rotatable bonds is 0. The molecule has 6 atom stereocenters. The van der Waals surface area contributed by atoms with E-state index in [9.17, 15) is 14.4 Å². The molecule has 0 unspecified atom stereocenters. The second kappa shape index (κ2) is 4.52. The lowest BCUT2D eigenvalue weighted by Crippen LogP contribution is -2.57. The molecule has 0 spiro atoms. The maximum Gasteiger partial charge on any atom is 0.139 e. The van der Waals surface area contributed by atoms with Crippen LogP contribution >= 0.6 is 0 Å². The maximum atomic E-state index is 13.0. The molecule has 0 bridgehead atoms. The molecule has 0 aromatic rings. The number of carbonyl (C=O) groups is 3. The number of fused-ring (bicyclic) bond motifs is 5. The lowest BCUT2D eigenvalue weighted by Gasteiger charge is -2.58. The summed E-state index contributed by atoms with van der Waals surface area (Å²) in [5.41, 5.74) is -0.382. The predicted molar refractivity (Wildman–Crippen MR) is 82.1 cm³/mol. The molecule has 0 aromatic carbocycles. The smallest absolute Gasteiger partial charge is 0.139 e. The molecule has 4 aliphatic rings. The zero-order valence-corrected chi connectivity index (χ0v) is 13.7. The van der Waals surface area contributed by atoms with E-state index in [0.29, 0.717) is 60.8 Å². The molecule has 0 N–H and O–H groups in total. The van der Waals surface area contributed by atoms with Crippen LogP contribution in [-0.4, -0.2) is 17.3 Å². The molecular weight excluding hydrogens is 276 g/mol. The zero-order valence-electron chi connectivity index (χ0n) is 13.7. The van der Waals surface area contributed by atoms with E-state index < -0.39 is 0 Å². The average molecular weight is 302 g/mol. The van der Waals surface area contributed by atoms with Crippen LogP contribution in [0.15, 0.2) is 0 Å². The van der Waals surface area contributed by atoms with Crippen molar-refractivity contribution < 1.29 is 14.4 Å². The number of carbonyl (C=O) groups excluding carboxylic acids is 3. The first-order valence-corrected chi connectivity index (χ1v) is 8.94.